The van der Waals surface area contributed by atoms with Crippen molar-refractivity contribution in [1.29, 1.82) is 0 Å². The molecule has 0 unspecified atom stereocenters. The van der Waals surface area contributed by atoms with Crippen molar-refractivity contribution >= 4 is 39.9 Å². The number of aryl methyl sites for hydroxylation is 1. The summed E-state index contributed by atoms with van der Waals surface area (Å²) in [7, 11) is 3.36. The molecule has 0 fully saturated rings. The fourth-order valence-electron chi connectivity index (χ4n) is 3.46. The third-order valence-corrected chi connectivity index (χ3v) is 4.86. The van der Waals surface area contributed by atoms with E-state index in [9.17, 15) is 19.1 Å². The molecule has 0 saturated carbocycles. The maximum atomic E-state index is 14.0. The number of anilines is 1. The van der Waals surface area contributed by atoms with Gasteiger partial charge in [0.25, 0.3) is 0 Å². The molecule has 4 aromatic rings. The molecule has 3 heterocycles. The second-order valence-electron chi connectivity index (χ2n) is 8.51. The normalized spacial score (nSPS) is 11.8. The van der Waals surface area contributed by atoms with E-state index < -0.39 is 23.5 Å². The van der Waals surface area contributed by atoms with Gasteiger partial charge >= 0.3 is 12.1 Å². The van der Waals surface area contributed by atoms with Crippen LogP contribution in [0.1, 0.15) is 31.1 Å². The smallest absolute Gasteiger partial charge is 0.415 e. The van der Waals surface area contributed by atoms with Gasteiger partial charge in [-0.05, 0) is 45.0 Å². The Kier molecular flexibility index (Phi) is 4.87. The van der Waals surface area contributed by atoms with E-state index in [-0.39, 0.29) is 5.56 Å². The molecule has 2 N–H and O–H groups in total. The fourth-order valence-corrected chi connectivity index (χ4v) is 3.46. The van der Waals surface area contributed by atoms with E-state index in [0.717, 1.165) is 6.07 Å². The molecule has 3 aromatic heterocycles. The lowest BCUT2D eigenvalue weighted by atomic mass is 10.1. The number of pyridine rings is 1. The quantitative estimate of drug-likeness (QED) is 0.491. The molecule has 4 rings (SSSR count). The first-order chi connectivity index (χ1) is 14.9. The van der Waals surface area contributed by atoms with E-state index in [1.807, 2.05) is 7.05 Å². The first-order valence-corrected chi connectivity index (χ1v) is 9.79. The number of hydrogen-bond acceptors (Lipinski definition) is 5. The van der Waals surface area contributed by atoms with Crippen LogP contribution in [0.3, 0.4) is 0 Å². The lowest BCUT2D eigenvalue weighted by molar-refractivity contribution is 0.0587. The predicted molar refractivity (Wildman–Crippen MR) is 117 cm³/mol. The van der Waals surface area contributed by atoms with E-state index in [1.54, 1.807) is 44.8 Å². The van der Waals surface area contributed by atoms with Gasteiger partial charge < -0.3 is 19.4 Å². The van der Waals surface area contributed by atoms with Crippen LogP contribution >= 0.6 is 0 Å². The first-order valence-electron chi connectivity index (χ1n) is 9.79. The van der Waals surface area contributed by atoms with Crippen LogP contribution in [-0.2, 0) is 11.8 Å². The number of ether oxygens (including phenoxy) is 1. The SMILES string of the molecule is CN(C(=O)OC(C)(C)C)c1nc2[nH]c(-c3cc(F)cc(C(=O)O)c3)cc2c2c1ncn2C. The highest BCUT2D eigenvalue weighted by atomic mass is 19.1. The van der Waals surface area contributed by atoms with Gasteiger partial charge in [-0.3, -0.25) is 4.90 Å². The number of H-pyrrole nitrogens is 1. The molecule has 0 aliphatic heterocycles. The third kappa shape index (κ3) is 3.75. The van der Waals surface area contributed by atoms with Crippen LogP contribution in [0.4, 0.5) is 15.0 Å². The molecule has 10 heteroatoms. The van der Waals surface area contributed by atoms with Crippen molar-refractivity contribution < 1.29 is 23.8 Å². The zero-order chi connectivity index (χ0) is 23.4. The second kappa shape index (κ2) is 7.33. The summed E-state index contributed by atoms with van der Waals surface area (Å²) in [6.45, 7) is 5.31. The number of aromatic amines is 1. The topological polar surface area (TPSA) is 113 Å². The lowest BCUT2D eigenvalue weighted by Crippen LogP contribution is -2.34. The van der Waals surface area contributed by atoms with E-state index in [1.165, 1.54) is 17.0 Å². The lowest BCUT2D eigenvalue weighted by Gasteiger charge is -2.24. The zero-order valence-electron chi connectivity index (χ0n) is 18.2. The van der Waals surface area contributed by atoms with Crippen molar-refractivity contribution in [3.63, 3.8) is 0 Å². The minimum Gasteiger partial charge on any atom is -0.478 e. The number of aromatic carboxylic acids is 1. The van der Waals surface area contributed by atoms with E-state index in [0.29, 0.717) is 39.1 Å². The van der Waals surface area contributed by atoms with E-state index in [2.05, 4.69) is 15.0 Å². The Balaban J connectivity index is 1.89. The van der Waals surface area contributed by atoms with Gasteiger partial charge in [0.1, 0.15) is 22.6 Å². The summed E-state index contributed by atoms with van der Waals surface area (Å²) in [6, 6.07) is 5.33. The highest BCUT2D eigenvalue weighted by Gasteiger charge is 2.25. The van der Waals surface area contributed by atoms with Crippen molar-refractivity contribution in [2.45, 2.75) is 26.4 Å². The summed E-state index contributed by atoms with van der Waals surface area (Å²) < 4.78 is 21.3. The molecule has 0 spiro atoms. The average molecular weight is 439 g/mol. The number of imidazole rings is 1. The summed E-state index contributed by atoms with van der Waals surface area (Å²) >= 11 is 0. The van der Waals surface area contributed by atoms with Crippen LogP contribution in [0.15, 0.2) is 30.6 Å². The van der Waals surface area contributed by atoms with Crippen molar-refractivity contribution in [2.24, 2.45) is 7.05 Å². The average Bonchev–Trinajstić information content (AvgIpc) is 3.28. The first kappa shape index (κ1) is 21.3. The number of fused-ring (bicyclic) bond motifs is 3. The van der Waals surface area contributed by atoms with Crippen molar-refractivity contribution in [3.8, 4) is 11.3 Å². The third-order valence-electron chi connectivity index (χ3n) is 4.86. The number of nitrogens with one attached hydrogen (secondary N) is 1. The number of carboxylic acids is 1. The highest BCUT2D eigenvalue weighted by Crippen LogP contribution is 2.33. The van der Waals surface area contributed by atoms with Gasteiger partial charge in [0.05, 0.1) is 17.4 Å². The molecular formula is C22H22FN5O4. The molecule has 166 valence electrons. The van der Waals surface area contributed by atoms with Crippen LogP contribution in [0.2, 0.25) is 0 Å². The number of aromatic nitrogens is 4. The minimum absolute atomic E-state index is 0.164. The maximum Gasteiger partial charge on any atom is 0.415 e. The Morgan fingerprint density at radius 2 is 1.94 bits per heavy atom. The summed E-state index contributed by atoms with van der Waals surface area (Å²) in [5.74, 6) is -1.60. The van der Waals surface area contributed by atoms with Gasteiger partial charge in [-0.25, -0.2) is 23.9 Å². The van der Waals surface area contributed by atoms with Crippen LogP contribution in [0, 0.1) is 5.82 Å². The van der Waals surface area contributed by atoms with Gasteiger partial charge in [-0.15, -0.1) is 0 Å². The summed E-state index contributed by atoms with van der Waals surface area (Å²) in [5.41, 5.74) is 1.62. The standard InChI is InChI=1S/C22H22FN5O4/c1-22(2,3)32-21(31)28(5)19-16-17(27(4)10-24-16)14-9-15(25-18(14)26-19)11-6-12(20(29)30)8-13(23)7-11/h6-10H,1-5H3,(H,25,26)(H,29,30). The van der Waals surface area contributed by atoms with Gasteiger partial charge in [0, 0.05) is 30.7 Å². The highest BCUT2D eigenvalue weighted by molar-refractivity contribution is 6.09. The number of benzene rings is 1. The largest absolute Gasteiger partial charge is 0.478 e. The van der Waals surface area contributed by atoms with Crippen LogP contribution in [0.25, 0.3) is 33.3 Å². The van der Waals surface area contributed by atoms with Gasteiger partial charge in [0.15, 0.2) is 5.82 Å². The van der Waals surface area contributed by atoms with Crippen LogP contribution in [-0.4, -0.2) is 49.3 Å². The molecule has 1 aromatic carbocycles. The van der Waals surface area contributed by atoms with Gasteiger partial charge in [0.2, 0.25) is 0 Å². The van der Waals surface area contributed by atoms with Crippen LogP contribution < -0.4 is 4.90 Å². The Bertz CT molecular complexity index is 1380. The van der Waals surface area contributed by atoms with Gasteiger partial charge in [-0.1, -0.05) is 0 Å². The monoisotopic (exact) mass is 439 g/mol. The number of amides is 1. The molecular weight excluding hydrogens is 417 g/mol. The zero-order valence-corrected chi connectivity index (χ0v) is 18.2. The number of carbonyl (C=O) groups is 2. The van der Waals surface area contributed by atoms with E-state index >= 15 is 0 Å². The molecule has 1 amide bonds. The molecule has 9 nitrogen and oxygen atoms in total. The van der Waals surface area contributed by atoms with Crippen molar-refractivity contribution in [3.05, 3.63) is 42.0 Å². The molecule has 0 aliphatic rings. The number of carboxylic acid groups (broad SMARTS) is 1. The summed E-state index contributed by atoms with van der Waals surface area (Å²) in [6.07, 6.45) is 1.02. The molecule has 32 heavy (non-hydrogen) atoms. The number of hydrogen-bond donors (Lipinski definition) is 2. The molecule has 0 bridgehead atoms. The molecule has 0 radical (unpaired) electrons. The minimum atomic E-state index is -1.23. The summed E-state index contributed by atoms with van der Waals surface area (Å²) in [5, 5.41) is 9.94. The van der Waals surface area contributed by atoms with E-state index in [4.69, 9.17) is 4.74 Å². The maximum absolute atomic E-state index is 14.0. The van der Waals surface area contributed by atoms with Crippen LogP contribution in [0.5, 0.6) is 0 Å². The Morgan fingerprint density at radius 3 is 2.59 bits per heavy atom. The second-order valence-corrected chi connectivity index (χ2v) is 8.51. The number of halogens is 1. The molecule has 0 saturated heterocycles. The summed E-state index contributed by atoms with van der Waals surface area (Å²) in [4.78, 5) is 37.3. The van der Waals surface area contributed by atoms with Crippen molar-refractivity contribution in [1.82, 2.24) is 19.5 Å². The fraction of sp³-hybridized carbons (Fsp3) is 0.273. The van der Waals surface area contributed by atoms with Crippen molar-refractivity contribution in [2.75, 3.05) is 11.9 Å². The molecule has 0 aliphatic carbocycles. The van der Waals surface area contributed by atoms with Gasteiger partial charge in [-0.2, -0.15) is 0 Å². The predicted octanol–water partition coefficient (Wildman–Crippen LogP) is 4.33. The molecule has 0 atom stereocenters. The Hall–Kier alpha value is -3.95. The Labute approximate surface area is 182 Å². The number of rotatable bonds is 3. The number of carbonyl (C=O) groups excluding carboxylic acids is 1. The Morgan fingerprint density at radius 1 is 1.22 bits per heavy atom. The number of nitrogens with zero attached hydrogens (tertiary/aromatic N) is 4.